The summed E-state index contributed by atoms with van der Waals surface area (Å²) in [4.78, 5) is 19.4. The van der Waals surface area contributed by atoms with Gasteiger partial charge in [0, 0.05) is 16.0 Å². The summed E-state index contributed by atoms with van der Waals surface area (Å²) in [5.74, 6) is 2.11. The summed E-state index contributed by atoms with van der Waals surface area (Å²) < 4.78 is 12.1. The lowest BCUT2D eigenvalue weighted by atomic mass is 9.95. The van der Waals surface area contributed by atoms with Gasteiger partial charge in [-0.05, 0) is 57.1 Å². The molecule has 1 aliphatic heterocycles. The van der Waals surface area contributed by atoms with Gasteiger partial charge in [0.05, 0.1) is 12.6 Å². The number of aromatic nitrogens is 2. The summed E-state index contributed by atoms with van der Waals surface area (Å²) in [6.07, 6.45) is 1.62. The zero-order chi connectivity index (χ0) is 22.3. The van der Waals surface area contributed by atoms with Gasteiger partial charge in [-0.3, -0.25) is 9.69 Å². The predicted molar refractivity (Wildman–Crippen MR) is 125 cm³/mol. The monoisotopic (exact) mass is 498 g/mol. The van der Waals surface area contributed by atoms with Crippen LogP contribution in [0.5, 0.6) is 5.75 Å². The number of carbonyl (C=O) groups is 1. The number of amides is 1. The van der Waals surface area contributed by atoms with Crippen LogP contribution in [0.1, 0.15) is 25.7 Å². The van der Waals surface area contributed by atoms with Crippen LogP contribution < -0.4 is 10.1 Å². The van der Waals surface area contributed by atoms with Crippen molar-refractivity contribution in [2.75, 3.05) is 19.7 Å². The van der Waals surface area contributed by atoms with Crippen LogP contribution in [0.4, 0.5) is 0 Å². The first-order chi connectivity index (χ1) is 15.6. The first kappa shape index (κ1) is 22.5. The molecule has 4 rings (SSSR count). The van der Waals surface area contributed by atoms with Gasteiger partial charge in [-0.25, -0.2) is 0 Å². The van der Waals surface area contributed by atoms with Gasteiger partial charge in [0.15, 0.2) is 0 Å². The third-order valence-electron chi connectivity index (χ3n) is 5.50. The van der Waals surface area contributed by atoms with Crippen LogP contribution in [0.3, 0.4) is 0 Å². The Morgan fingerprint density at radius 1 is 1.22 bits per heavy atom. The Morgan fingerprint density at radius 3 is 2.75 bits per heavy atom. The Hall–Kier alpha value is -2.71. The maximum Gasteiger partial charge on any atom is 0.241 e. The number of nitrogens with zero attached hydrogens (tertiary/aromatic N) is 3. The van der Waals surface area contributed by atoms with Gasteiger partial charge in [-0.2, -0.15) is 4.98 Å². The number of carbonyl (C=O) groups excluding carboxylic acids is 1. The van der Waals surface area contributed by atoms with E-state index in [1.165, 1.54) is 0 Å². The molecule has 8 heteroatoms. The summed E-state index contributed by atoms with van der Waals surface area (Å²) in [5, 5.41) is 7.18. The highest BCUT2D eigenvalue weighted by Crippen LogP contribution is 2.22. The lowest BCUT2D eigenvalue weighted by Crippen LogP contribution is -2.44. The van der Waals surface area contributed by atoms with Crippen molar-refractivity contribution in [2.45, 2.75) is 32.4 Å². The molecule has 168 valence electrons. The summed E-state index contributed by atoms with van der Waals surface area (Å²) in [7, 11) is 0. The highest BCUT2D eigenvalue weighted by atomic mass is 79.9. The van der Waals surface area contributed by atoms with Crippen LogP contribution >= 0.6 is 15.9 Å². The molecule has 2 heterocycles. The van der Waals surface area contributed by atoms with E-state index < -0.39 is 0 Å². The van der Waals surface area contributed by atoms with Crippen molar-refractivity contribution >= 4 is 21.8 Å². The zero-order valence-electron chi connectivity index (χ0n) is 18.0. The summed E-state index contributed by atoms with van der Waals surface area (Å²) in [5.41, 5.74) is 0.912. The Morgan fingerprint density at radius 2 is 2.00 bits per heavy atom. The highest BCUT2D eigenvalue weighted by molar-refractivity contribution is 9.10. The number of likely N-dealkylation sites (tertiary alicyclic amines) is 1. The molecule has 32 heavy (non-hydrogen) atoms. The topological polar surface area (TPSA) is 80.5 Å². The second-order valence-corrected chi connectivity index (χ2v) is 9.02. The minimum Gasteiger partial charge on any atom is -0.491 e. The van der Waals surface area contributed by atoms with E-state index in [2.05, 4.69) is 36.3 Å². The summed E-state index contributed by atoms with van der Waals surface area (Å²) in [6, 6.07) is 17.4. The number of hydrogen-bond donors (Lipinski definition) is 1. The SMILES string of the molecule is CC(COc1ccccc1)NC(=O)C1CCN(Cc2nc(-c3cccc(Br)c3)no2)CC1. The number of nitrogens with one attached hydrogen (secondary N) is 1. The molecular formula is C24H27BrN4O3. The lowest BCUT2D eigenvalue weighted by molar-refractivity contribution is -0.127. The third kappa shape index (κ3) is 6.17. The number of para-hydroxylation sites is 1. The average Bonchev–Trinajstić information content (AvgIpc) is 3.27. The molecule has 7 nitrogen and oxygen atoms in total. The smallest absolute Gasteiger partial charge is 0.241 e. The number of rotatable bonds is 8. The lowest BCUT2D eigenvalue weighted by Gasteiger charge is -2.30. The van der Waals surface area contributed by atoms with Gasteiger partial charge < -0.3 is 14.6 Å². The minimum atomic E-state index is -0.0458. The first-order valence-corrected chi connectivity index (χ1v) is 11.7. The molecule has 3 aromatic rings. The Balaban J connectivity index is 1.20. The quantitative estimate of drug-likeness (QED) is 0.498. The molecule has 0 spiro atoms. The second kappa shape index (κ2) is 10.7. The molecule has 1 atom stereocenters. The largest absolute Gasteiger partial charge is 0.491 e. The van der Waals surface area contributed by atoms with Gasteiger partial charge >= 0.3 is 0 Å². The van der Waals surface area contributed by atoms with Crippen LogP contribution in [0.15, 0.2) is 63.6 Å². The molecule has 1 amide bonds. The van der Waals surface area contributed by atoms with E-state index >= 15 is 0 Å². The molecule has 1 aliphatic rings. The fourth-order valence-corrected chi connectivity index (χ4v) is 4.15. The van der Waals surface area contributed by atoms with Crippen molar-refractivity contribution in [3.63, 3.8) is 0 Å². The van der Waals surface area contributed by atoms with Crippen molar-refractivity contribution in [3.05, 3.63) is 65.0 Å². The number of benzene rings is 2. The molecule has 1 N–H and O–H groups in total. The van der Waals surface area contributed by atoms with Gasteiger partial charge in [0.2, 0.25) is 17.6 Å². The fraction of sp³-hybridized carbons (Fsp3) is 0.375. The van der Waals surface area contributed by atoms with Crippen LogP contribution in [0.25, 0.3) is 11.4 Å². The maximum absolute atomic E-state index is 12.6. The summed E-state index contributed by atoms with van der Waals surface area (Å²) in [6.45, 7) is 4.65. The van der Waals surface area contributed by atoms with Crippen LogP contribution in [0.2, 0.25) is 0 Å². The number of hydrogen-bond acceptors (Lipinski definition) is 6. The first-order valence-electron chi connectivity index (χ1n) is 10.9. The number of piperidine rings is 1. The van der Waals surface area contributed by atoms with Crippen LogP contribution in [-0.4, -0.2) is 46.7 Å². The van der Waals surface area contributed by atoms with Gasteiger partial charge in [-0.15, -0.1) is 0 Å². The molecule has 1 aromatic heterocycles. The molecule has 1 unspecified atom stereocenters. The Labute approximate surface area is 196 Å². The molecule has 0 radical (unpaired) electrons. The van der Waals surface area contributed by atoms with Gasteiger partial charge in [-0.1, -0.05) is 51.4 Å². The molecule has 0 bridgehead atoms. The van der Waals surface area contributed by atoms with E-state index in [0.29, 0.717) is 24.9 Å². The second-order valence-electron chi connectivity index (χ2n) is 8.11. The van der Waals surface area contributed by atoms with Crippen molar-refractivity contribution in [1.29, 1.82) is 0 Å². The molecule has 2 aromatic carbocycles. The van der Waals surface area contributed by atoms with Crippen LogP contribution in [0, 0.1) is 5.92 Å². The molecular weight excluding hydrogens is 472 g/mol. The molecule has 1 fully saturated rings. The Bertz CT molecular complexity index is 1020. The van der Waals surface area contributed by atoms with Crippen molar-refractivity contribution in [3.8, 4) is 17.1 Å². The van der Waals surface area contributed by atoms with E-state index in [1.54, 1.807) is 0 Å². The average molecular weight is 499 g/mol. The standard InChI is InChI=1S/C24H27BrN4O3/c1-17(16-31-21-8-3-2-4-9-21)26-24(30)18-10-12-29(13-11-18)15-22-27-23(28-32-22)19-6-5-7-20(25)14-19/h2-9,14,17-18H,10-13,15-16H2,1H3,(H,26,30). The van der Waals surface area contributed by atoms with Gasteiger partial charge in [0.1, 0.15) is 12.4 Å². The van der Waals surface area contributed by atoms with E-state index in [0.717, 1.165) is 41.7 Å². The summed E-state index contributed by atoms with van der Waals surface area (Å²) >= 11 is 3.46. The zero-order valence-corrected chi connectivity index (χ0v) is 19.6. The Kier molecular flexibility index (Phi) is 7.55. The van der Waals surface area contributed by atoms with E-state index in [9.17, 15) is 4.79 Å². The van der Waals surface area contributed by atoms with E-state index in [1.807, 2.05) is 61.5 Å². The highest BCUT2D eigenvalue weighted by Gasteiger charge is 2.26. The maximum atomic E-state index is 12.6. The van der Waals surface area contributed by atoms with Crippen molar-refractivity contribution in [1.82, 2.24) is 20.4 Å². The fourth-order valence-electron chi connectivity index (χ4n) is 3.75. The van der Waals surface area contributed by atoms with Gasteiger partial charge in [0.25, 0.3) is 0 Å². The van der Waals surface area contributed by atoms with Crippen molar-refractivity contribution < 1.29 is 14.1 Å². The number of ether oxygens (including phenoxy) is 1. The van der Waals surface area contributed by atoms with E-state index in [-0.39, 0.29) is 17.9 Å². The number of halogens is 1. The normalized spacial score (nSPS) is 15.9. The molecule has 0 aliphatic carbocycles. The molecule has 0 saturated carbocycles. The third-order valence-corrected chi connectivity index (χ3v) is 5.99. The van der Waals surface area contributed by atoms with Crippen molar-refractivity contribution in [2.24, 2.45) is 5.92 Å². The minimum absolute atomic E-state index is 0.0188. The molecule has 1 saturated heterocycles. The van der Waals surface area contributed by atoms with Crippen LogP contribution in [-0.2, 0) is 11.3 Å². The predicted octanol–water partition coefficient (Wildman–Crippen LogP) is 4.29. The van der Waals surface area contributed by atoms with E-state index in [4.69, 9.17) is 9.26 Å².